The summed E-state index contributed by atoms with van der Waals surface area (Å²) >= 11 is 0. The van der Waals surface area contributed by atoms with Crippen molar-refractivity contribution in [2.75, 3.05) is 7.11 Å². The molecular weight excluding hydrogens is 346 g/mol. The van der Waals surface area contributed by atoms with Gasteiger partial charge in [-0.1, -0.05) is 54.6 Å². The first-order valence-corrected chi connectivity index (χ1v) is 9.26. The average molecular weight is 365 g/mol. The summed E-state index contributed by atoms with van der Waals surface area (Å²) in [7, 11) is 1.67. The fraction of sp³-hybridized carbons (Fsp3) is 0.0833. The molecule has 0 fully saturated rings. The van der Waals surface area contributed by atoms with Gasteiger partial charge in [-0.3, -0.25) is 0 Å². The molecule has 0 spiro atoms. The lowest BCUT2D eigenvalue weighted by atomic mass is 9.99. The number of imidazole rings is 1. The zero-order valence-electron chi connectivity index (χ0n) is 15.5. The topological polar surface area (TPSA) is 50.8 Å². The fourth-order valence-corrected chi connectivity index (χ4v) is 3.59. The van der Waals surface area contributed by atoms with Gasteiger partial charge in [0.05, 0.1) is 7.11 Å². The Morgan fingerprint density at radius 1 is 0.929 bits per heavy atom. The van der Waals surface area contributed by atoms with Crippen LogP contribution in [0.1, 0.15) is 11.4 Å². The molecule has 0 saturated carbocycles. The summed E-state index contributed by atoms with van der Waals surface area (Å²) in [6.45, 7) is 0. The van der Waals surface area contributed by atoms with Crippen molar-refractivity contribution in [3.63, 3.8) is 0 Å². The monoisotopic (exact) mass is 365 g/mol. The highest BCUT2D eigenvalue weighted by Crippen LogP contribution is 2.29. The Morgan fingerprint density at radius 3 is 2.61 bits per heavy atom. The fourth-order valence-electron chi connectivity index (χ4n) is 3.59. The van der Waals surface area contributed by atoms with Gasteiger partial charge >= 0.3 is 0 Å². The third-order valence-electron chi connectivity index (χ3n) is 5.02. The van der Waals surface area contributed by atoms with Crippen molar-refractivity contribution in [2.24, 2.45) is 0 Å². The average Bonchev–Trinajstić information content (AvgIpc) is 3.15. The Kier molecular flexibility index (Phi) is 4.02. The number of hydrogen-bond donors (Lipinski definition) is 1. The van der Waals surface area contributed by atoms with E-state index in [1.165, 1.54) is 21.9 Å². The van der Waals surface area contributed by atoms with Crippen LogP contribution in [-0.2, 0) is 6.42 Å². The molecule has 0 aliphatic rings. The van der Waals surface area contributed by atoms with Gasteiger partial charge in [0, 0.05) is 18.2 Å². The molecule has 136 valence electrons. The maximum atomic E-state index is 5.22. The molecule has 2 aromatic heterocycles. The van der Waals surface area contributed by atoms with Crippen molar-refractivity contribution < 1.29 is 4.74 Å². The van der Waals surface area contributed by atoms with Gasteiger partial charge in [-0.05, 0) is 40.1 Å². The maximum absolute atomic E-state index is 5.22. The molecule has 0 unspecified atom stereocenters. The van der Waals surface area contributed by atoms with Crippen molar-refractivity contribution in [3.8, 4) is 16.9 Å². The van der Waals surface area contributed by atoms with Crippen LogP contribution in [0, 0.1) is 0 Å². The highest BCUT2D eigenvalue weighted by molar-refractivity contribution is 5.97. The van der Waals surface area contributed by atoms with E-state index in [2.05, 4.69) is 70.6 Å². The van der Waals surface area contributed by atoms with Crippen LogP contribution in [0.3, 0.4) is 0 Å². The molecule has 0 radical (unpaired) electrons. The molecule has 28 heavy (non-hydrogen) atoms. The second-order valence-corrected chi connectivity index (χ2v) is 6.83. The van der Waals surface area contributed by atoms with Crippen LogP contribution in [0.4, 0.5) is 0 Å². The summed E-state index contributed by atoms with van der Waals surface area (Å²) in [6, 6.07) is 24.9. The predicted octanol–water partition coefficient (Wildman–Crippen LogP) is 5.38. The molecule has 0 atom stereocenters. The molecule has 0 aliphatic carbocycles. The van der Waals surface area contributed by atoms with Gasteiger partial charge in [0.2, 0.25) is 0 Å². The molecule has 4 heteroatoms. The van der Waals surface area contributed by atoms with Gasteiger partial charge in [0.1, 0.15) is 17.1 Å². The highest BCUT2D eigenvalue weighted by Gasteiger charge is 2.09. The van der Waals surface area contributed by atoms with Gasteiger partial charge in [-0.15, -0.1) is 0 Å². The maximum Gasteiger partial charge on any atom is 0.157 e. The Balaban J connectivity index is 1.51. The van der Waals surface area contributed by atoms with Gasteiger partial charge in [0.15, 0.2) is 5.65 Å². The van der Waals surface area contributed by atoms with E-state index in [4.69, 9.17) is 9.72 Å². The summed E-state index contributed by atoms with van der Waals surface area (Å²) in [5.74, 6) is 1.76. The lowest BCUT2D eigenvalue weighted by Gasteiger charge is -2.06. The number of H-pyrrole nitrogens is 1. The van der Waals surface area contributed by atoms with E-state index in [1.807, 2.05) is 18.3 Å². The zero-order chi connectivity index (χ0) is 18.9. The molecule has 4 nitrogen and oxygen atoms in total. The largest absolute Gasteiger partial charge is 0.497 e. The normalized spacial score (nSPS) is 11.2. The first kappa shape index (κ1) is 16.5. The van der Waals surface area contributed by atoms with E-state index in [9.17, 15) is 0 Å². The molecule has 0 bridgehead atoms. The number of fused-ring (bicyclic) bond motifs is 2. The molecule has 2 heterocycles. The molecular formula is C24H19N3O. The summed E-state index contributed by atoms with van der Waals surface area (Å²) in [6.07, 6.45) is 2.64. The van der Waals surface area contributed by atoms with Crippen molar-refractivity contribution in [1.29, 1.82) is 0 Å². The quantitative estimate of drug-likeness (QED) is 0.465. The number of nitrogens with zero attached hydrogens (tertiary/aromatic N) is 2. The van der Waals surface area contributed by atoms with Crippen LogP contribution in [-0.4, -0.2) is 22.1 Å². The van der Waals surface area contributed by atoms with Crippen molar-refractivity contribution in [2.45, 2.75) is 6.42 Å². The van der Waals surface area contributed by atoms with Gasteiger partial charge in [-0.2, -0.15) is 0 Å². The van der Waals surface area contributed by atoms with E-state index in [0.717, 1.165) is 34.7 Å². The van der Waals surface area contributed by atoms with Crippen LogP contribution in [0.2, 0.25) is 0 Å². The number of hydrogen-bond acceptors (Lipinski definition) is 3. The standard InChI is InChI=1S/C24H19N3O/c1-28-19-11-9-16(10-12-19)13-23-26-22-14-18(15-25-24(22)27-23)21-8-4-6-17-5-2-3-7-20(17)21/h2-12,14-15H,13H2,1H3,(H,25,26,27). The zero-order valence-corrected chi connectivity index (χ0v) is 15.5. The second kappa shape index (κ2) is 6.82. The number of ether oxygens (including phenoxy) is 1. The number of benzene rings is 3. The minimum Gasteiger partial charge on any atom is -0.497 e. The Hall–Kier alpha value is -3.66. The SMILES string of the molecule is COc1ccc(Cc2nc3cc(-c4cccc5ccccc45)cnc3[nH]2)cc1. The number of nitrogens with one attached hydrogen (secondary N) is 1. The summed E-state index contributed by atoms with van der Waals surface area (Å²) in [4.78, 5) is 12.7. The molecule has 0 saturated heterocycles. The minimum atomic E-state index is 0.726. The first-order chi connectivity index (χ1) is 13.8. The van der Waals surface area contributed by atoms with E-state index in [1.54, 1.807) is 7.11 Å². The lowest BCUT2D eigenvalue weighted by molar-refractivity contribution is 0.414. The Labute approximate surface area is 162 Å². The number of rotatable bonds is 4. The molecule has 3 aromatic carbocycles. The predicted molar refractivity (Wildman–Crippen MR) is 113 cm³/mol. The Morgan fingerprint density at radius 2 is 1.75 bits per heavy atom. The number of pyridine rings is 1. The molecule has 0 amide bonds. The first-order valence-electron chi connectivity index (χ1n) is 9.26. The van der Waals surface area contributed by atoms with Gasteiger partial charge in [0.25, 0.3) is 0 Å². The highest BCUT2D eigenvalue weighted by atomic mass is 16.5. The van der Waals surface area contributed by atoms with Gasteiger partial charge < -0.3 is 9.72 Å². The second-order valence-electron chi connectivity index (χ2n) is 6.83. The van der Waals surface area contributed by atoms with E-state index in [-0.39, 0.29) is 0 Å². The Bertz CT molecular complexity index is 1270. The van der Waals surface area contributed by atoms with Crippen molar-refractivity contribution >= 4 is 21.9 Å². The lowest BCUT2D eigenvalue weighted by Crippen LogP contribution is -1.91. The minimum absolute atomic E-state index is 0.726. The van der Waals surface area contributed by atoms with E-state index >= 15 is 0 Å². The van der Waals surface area contributed by atoms with Crippen LogP contribution in [0.5, 0.6) is 5.75 Å². The van der Waals surface area contributed by atoms with Gasteiger partial charge in [-0.25, -0.2) is 9.97 Å². The number of aromatic nitrogens is 3. The summed E-state index contributed by atoms with van der Waals surface area (Å²) < 4.78 is 5.22. The summed E-state index contributed by atoms with van der Waals surface area (Å²) in [5.41, 5.74) is 5.12. The van der Waals surface area contributed by atoms with Crippen molar-refractivity contribution in [3.05, 3.63) is 90.4 Å². The van der Waals surface area contributed by atoms with Crippen LogP contribution in [0.25, 0.3) is 33.1 Å². The van der Waals surface area contributed by atoms with E-state index < -0.39 is 0 Å². The molecule has 5 aromatic rings. The smallest absolute Gasteiger partial charge is 0.157 e. The third kappa shape index (κ3) is 2.99. The van der Waals surface area contributed by atoms with Crippen molar-refractivity contribution in [1.82, 2.24) is 15.0 Å². The van der Waals surface area contributed by atoms with Crippen LogP contribution >= 0.6 is 0 Å². The molecule has 1 N–H and O–H groups in total. The molecule has 0 aliphatic heterocycles. The number of methoxy groups -OCH3 is 1. The van der Waals surface area contributed by atoms with Crippen LogP contribution < -0.4 is 4.74 Å². The third-order valence-corrected chi connectivity index (χ3v) is 5.02. The van der Waals surface area contributed by atoms with Crippen LogP contribution in [0.15, 0.2) is 79.0 Å². The summed E-state index contributed by atoms with van der Waals surface area (Å²) in [5, 5.41) is 2.45. The van der Waals surface area contributed by atoms with E-state index in [0.29, 0.717) is 0 Å². The molecule has 5 rings (SSSR count). The number of aromatic amines is 1.